The Morgan fingerprint density at radius 1 is 1.11 bits per heavy atom. The van der Waals surface area contributed by atoms with Crippen molar-refractivity contribution >= 4 is 11.6 Å². The van der Waals surface area contributed by atoms with Gasteiger partial charge in [-0.3, -0.25) is 0 Å². The molecule has 0 aromatic heterocycles. The predicted molar refractivity (Wildman–Crippen MR) is 86.0 cm³/mol. The molecular weight excluding hydrogens is 254 g/mol. The molecule has 0 bridgehead atoms. The van der Waals surface area contributed by atoms with Crippen molar-refractivity contribution in [1.29, 1.82) is 0 Å². The minimum atomic E-state index is 0.441. The third kappa shape index (κ3) is 4.50. The van der Waals surface area contributed by atoms with Gasteiger partial charge < -0.3 is 5.32 Å². The second-order valence-corrected chi connectivity index (χ2v) is 6.06. The van der Waals surface area contributed by atoms with Crippen LogP contribution in [0.15, 0.2) is 12.1 Å². The molecule has 2 heteroatoms. The van der Waals surface area contributed by atoms with E-state index in [9.17, 15) is 0 Å². The summed E-state index contributed by atoms with van der Waals surface area (Å²) in [6.07, 6.45) is 3.65. The quantitative estimate of drug-likeness (QED) is 0.702. The van der Waals surface area contributed by atoms with Crippen LogP contribution in [0.3, 0.4) is 0 Å². The van der Waals surface area contributed by atoms with E-state index in [2.05, 4.69) is 52.1 Å². The molecule has 0 aliphatic heterocycles. The maximum Gasteiger partial charge on any atom is 0.0438 e. The largest absolute Gasteiger partial charge is 0.310 e. The second-order valence-electron chi connectivity index (χ2n) is 5.66. The Hall–Kier alpha value is -0.530. The van der Waals surface area contributed by atoms with Crippen LogP contribution in [0.1, 0.15) is 62.8 Å². The molecule has 1 aromatic carbocycles. The van der Waals surface area contributed by atoms with E-state index in [1.807, 2.05) is 0 Å². The van der Waals surface area contributed by atoms with Crippen molar-refractivity contribution in [1.82, 2.24) is 5.32 Å². The normalized spacial score (nSPS) is 14.4. The molecule has 1 nitrogen and oxygen atoms in total. The van der Waals surface area contributed by atoms with Crippen LogP contribution in [-0.2, 0) is 0 Å². The lowest BCUT2D eigenvalue weighted by molar-refractivity contribution is 0.362. The van der Waals surface area contributed by atoms with E-state index in [1.54, 1.807) is 0 Å². The highest BCUT2D eigenvalue weighted by Gasteiger charge is 2.20. The molecule has 0 saturated heterocycles. The molecular formula is C17H28ClN. The molecule has 0 aliphatic carbocycles. The summed E-state index contributed by atoms with van der Waals surface area (Å²) in [7, 11) is 0. The number of hydrogen-bond donors (Lipinski definition) is 1. The fourth-order valence-electron chi connectivity index (χ4n) is 2.68. The lowest BCUT2D eigenvalue weighted by Crippen LogP contribution is -2.28. The van der Waals surface area contributed by atoms with Crippen molar-refractivity contribution in [2.45, 2.75) is 59.9 Å². The molecule has 0 radical (unpaired) electrons. The summed E-state index contributed by atoms with van der Waals surface area (Å²) in [4.78, 5) is 0. The van der Waals surface area contributed by atoms with Gasteiger partial charge in [-0.15, -0.1) is 0 Å². The Bertz CT molecular complexity index is 400. The average Bonchev–Trinajstić information content (AvgIpc) is 2.36. The van der Waals surface area contributed by atoms with Gasteiger partial charge in [-0.1, -0.05) is 44.9 Å². The lowest BCUT2D eigenvalue weighted by atomic mass is 9.87. The van der Waals surface area contributed by atoms with Crippen molar-refractivity contribution in [2.75, 3.05) is 6.54 Å². The predicted octanol–water partition coefficient (Wildman–Crippen LogP) is 5.43. The van der Waals surface area contributed by atoms with Crippen LogP contribution in [0.5, 0.6) is 0 Å². The summed E-state index contributed by atoms with van der Waals surface area (Å²) in [6, 6.07) is 4.80. The molecule has 0 fully saturated rings. The number of halogens is 1. The molecule has 2 unspecified atom stereocenters. The van der Waals surface area contributed by atoms with Gasteiger partial charge in [0.2, 0.25) is 0 Å². The van der Waals surface area contributed by atoms with Gasteiger partial charge in [0.1, 0.15) is 0 Å². The number of aryl methyl sites for hydroxylation is 2. The summed E-state index contributed by atoms with van der Waals surface area (Å²) >= 11 is 6.22. The zero-order chi connectivity index (χ0) is 14.4. The third-order valence-corrected chi connectivity index (χ3v) is 4.22. The fraction of sp³-hybridized carbons (Fsp3) is 0.647. The van der Waals surface area contributed by atoms with E-state index >= 15 is 0 Å². The molecule has 19 heavy (non-hydrogen) atoms. The average molecular weight is 282 g/mol. The van der Waals surface area contributed by atoms with Gasteiger partial charge in [0.05, 0.1) is 0 Å². The molecule has 108 valence electrons. The molecule has 0 saturated carbocycles. The van der Waals surface area contributed by atoms with Gasteiger partial charge in [0, 0.05) is 11.1 Å². The molecule has 2 atom stereocenters. The van der Waals surface area contributed by atoms with E-state index < -0.39 is 0 Å². The Balaban J connectivity index is 3.05. The van der Waals surface area contributed by atoms with Crippen molar-refractivity contribution in [3.05, 3.63) is 33.8 Å². The third-order valence-electron chi connectivity index (χ3n) is 3.81. The zero-order valence-electron chi connectivity index (χ0n) is 13.0. The summed E-state index contributed by atoms with van der Waals surface area (Å²) in [5.74, 6) is 0.649. The van der Waals surface area contributed by atoms with E-state index in [0.717, 1.165) is 11.6 Å². The van der Waals surface area contributed by atoms with E-state index in [1.165, 1.54) is 36.0 Å². The Kier molecular flexibility index (Phi) is 6.88. The first kappa shape index (κ1) is 16.5. The van der Waals surface area contributed by atoms with Gasteiger partial charge in [-0.2, -0.15) is 0 Å². The monoisotopic (exact) mass is 281 g/mol. The summed E-state index contributed by atoms with van der Waals surface area (Å²) in [6.45, 7) is 12.1. The van der Waals surface area contributed by atoms with Crippen LogP contribution in [0.4, 0.5) is 0 Å². The van der Waals surface area contributed by atoms with Crippen molar-refractivity contribution in [2.24, 2.45) is 5.92 Å². The van der Waals surface area contributed by atoms with Crippen LogP contribution in [0.25, 0.3) is 0 Å². The van der Waals surface area contributed by atoms with Gasteiger partial charge >= 0.3 is 0 Å². The number of hydrogen-bond acceptors (Lipinski definition) is 1. The summed E-state index contributed by atoms with van der Waals surface area (Å²) in [5.41, 5.74) is 3.89. The van der Waals surface area contributed by atoms with Gasteiger partial charge in [0.15, 0.2) is 0 Å². The SMILES string of the molecule is CCCNC(c1cc(C)c(Cl)cc1C)C(C)CCC. The molecule has 0 amide bonds. The van der Waals surface area contributed by atoms with E-state index in [0.29, 0.717) is 12.0 Å². The standard InChI is InChI=1S/C17H28ClN/c1-6-8-12(3)17(19-9-7-2)15-10-14(5)16(18)11-13(15)4/h10-12,17,19H,6-9H2,1-5H3. The first-order chi connectivity index (χ1) is 9.01. The maximum atomic E-state index is 6.22. The molecule has 0 heterocycles. The molecule has 1 N–H and O–H groups in total. The second kappa shape index (κ2) is 7.91. The van der Waals surface area contributed by atoms with Crippen molar-refractivity contribution in [3.8, 4) is 0 Å². The lowest BCUT2D eigenvalue weighted by Gasteiger charge is -2.27. The van der Waals surface area contributed by atoms with E-state index in [4.69, 9.17) is 11.6 Å². The highest BCUT2D eigenvalue weighted by atomic mass is 35.5. The van der Waals surface area contributed by atoms with Gasteiger partial charge in [-0.05, 0) is 61.9 Å². The number of nitrogens with one attached hydrogen (secondary N) is 1. The molecule has 1 aromatic rings. The Labute approximate surface area is 123 Å². The number of benzene rings is 1. The first-order valence-corrected chi connectivity index (χ1v) is 7.89. The Morgan fingerprint density at radius 3 is 2.37 bits per heavy atom. The van der Waals surface area contributed by atoms with Crippen LogP contribution in [0, 0.1) is 19.8 Å². The van der Waals surface area contributed by atoms with Crippen molar-refractivity contribution < 1.29 is 0 Å². The topological polar surface area (TPSA) is 12.0 Å². The summed E-state index contributed by atoms with van der Waals surface area (Å²) < 4.78 is 0. The van der Waals surface area contributed by atoms with Crippen LogP contribution < -0.4 is 5.32 Å². The minimum Gasteiger partial charge on any atom is -0.310 e. The van der Waals surface area contributed by atoms with Gasteiger partial charge in [-0.25, -0.2) is 0 Å². The highest BCUT2D eigenvalue weighted by Crippen LogP contribution is 2.31. The van der Waals surface area contributed by atoms with Crippen LogP contribution in [-0.4, -0.2) is 6.54 Å². The Morgan fingerprint density at radius 2 is 1.79 bits per heavy atom. The maximum absolute atomic E-state index is 6.22. The zero-order valence-corrected chi connectivity index (χ0v) is 13.8. The molecule has 1 rings (SSSR count). The number of rotatable bonds is 7. The van der Waals surface area contributed by atoms with Crippen LogP contribution in [0.2, 0.25) is 5.02 Å². The van der Waals surface area contributed by atoms with Gasteiger partial charge in [0.25, 0.3) is 0 Å². The van der Waals surface area contributed by atoms with Crippen LogP contribution >= 0.6 is 11.6 Å². The summed E-state index contributed by atoms with van der Waals surface area (Å²) in [5, 5.41) is 4.59. The highest BCUT2D eigenvalue weighted by molar-refractivity contribution is 6.31. The fourth-order valence-corrected chi connectivity index (χ4v) is 2.90. The van der Waals surface area contributed by atoms with Crippen molar-refractivity contribution in [3.63, 3.8) is 0 Å². The molecule has 0 aliphatic rings. The molecule has 0 spiro atoms. The first-order valence-electron chi connectivity index (χ1n) is 7.51. The minimum absolute atomic E-state index is 0.441. The smallest absolute Gasteiger partial charge is 0.0438 e. The van der Waals surface area contributed by atoms with E-state index in [-0.39, 0.29) is 0 Å².